The van der Waals surface area contributed by atoms with Crippen molar-refractivity contribution in [1.82, 2.24) is 0 Å². The van der Waals surface area contributed by atoms with Crippen molar-refractivity contribution >= 4 is 39.5 Å². The fourth-order valence-corrected chi connectivity index (χ4v) is 11.7. The van der Waals surface area contributed by atoms with Gasteiger partial charge in [-0.2, -0.15) is 0 Å². The molecule has 0 rings (SSSR count). The highest BCUT2D eigenvalue weighted by atomic mass is 31.2. The first-order chi connectivity index (χ1) is 53.7. The van der Waals surface area contributed by atoms with Gasteiger partial charge in [-0.25, -0.2) is 9.13 Å². The van der Waals surface area contributed by atoms with Crippen LogP contribution in [0.2, 0.25) is 0 Å². The van der Waals surface area contributed by atoms with Gasteiger partial charge in [0.25, 0.3) is 0 Å². The number of allylic oxidation sites excluding steroid dienone is 33. The minimum Gasteiger partial charge on any atom is -0.462 e. The van der Waals surface area contributed by atoms with Gasteiger partial charge < -0.3 is 33.8 Å². The molecule has 5 unspecified atom stereocenters. The second-order valence-corrected chi connectivity index (χ2v) is 29.5. The van der Waals surface area contributed by atoms with E-state index in [1.807, 2.05) is 12.2 Å². The monoisotopic (exact) mass is 1570 g/mol. The summed E-state index contributed by atoms with van der Waals surface area (Å²) in [5, 5.41) is 10.7. The number of aliphatic hydroxyl groups excluding tert-OH is 1. The van der Waals surface area contributed by atoms with Crippen molar-refractivity contribution in [2.24, 2.45) is 0 Å². The van der Waals surface area contributed by atoms with E-state index in [-0.39, 0.29) is 25.7 Å². The van der Waals surface area contributed by atoms with Crippen molar-refractivity contribution in [1.29, 1.82) is 0 Å². The van der Waals surface area contributed by atoms with Gasteiger partial charge in [0.15, 0.2) is 12.2 Å². The summed E-state index contributed by atoms with van der Waals surface area (Å²) in [5.74, 6) is -2.41. The maximum atomic E-state index is 13.1. The minimum absolute atomic E-state index is 0.0595. The third-order valence-electron chi connectivity index (χ3n) is 16.3. The van der Waals surface area contributed by atoms with Crippen LogP contribution < -0.4 is 0 Å². The van der Waals surface area contributed by atoms with E-state index in [1.165, 1.54) is 0 Å². The normalized spacial score (nSPS) is 14.9. The molecule has 5 atom stereocenters. The van der Waals surface area contributed by atoms with Gasteiger partial charge in [-0.15, -0.1) is 0 Å². The van der Waals surface area contributed by atoms with Gasteiger partial charge in [0.2, 0.25) is 0 Å². The highest BCUT2D eigenvalue weighted by Crippen LogP contribution is 2.45. The van der Waals surface area contributed by atoms with Gasteiger partial charge in [-0.3, -0.25) is 37.3 Å². The largest absolute Gasteiger partial charge is 0.472 e. The van der Waals surface area contributed by atoms with Crippen LogP contribution in [0, 0.1) is 0 Å². The van der Waals surface area contributed by atoms with Gasteiger partial charge in [0.05, 0.1) is 32.8 Å². The zero-order chi connectivity index (χ0) is 80.3. The molecule has 0 amide bonds. The number of phosphoric acid groups is 2. The van der Waals surface area contributed by atoms with Crippen molar-refractivity contribution in [2.75, 3.05) is 39.6 Å². The maximum Gasteiger partial charge on any atom is 0.472 e. The molecule has 3 N–H and O–H groups in total. The van der Waals surface area contributed by atoms with Gasteiger partial charge in [0.1, 0.15) is 19.3 Å². The second kappa shape index (κ2) is 80.7. The summed E-state index contributed by atoms with van der Waals surface area (Å²) in [7, 11) is -10.0. The molecule has 0 spiro atoms. The van der Waals surface area contributed by atoms with Gasteiger partial charge >= 0.3 is 39.5 Å². The number of carbonyl (C=O) groups is 4. The molecule has 0 fully saturated rings. The summed E-state index contributed by atoms with van der Waals surface area (Å²) < 4.78 is 68.6. The minimum atomic E-state index is -5.02. The van der Waals surface area contributed by atoms with E-state index < -0.39 is 97.5 Å². The van der Waals surface area contributed by atoms with E-state index in [0.29, 0.717) is 25.7 Å². The molecule has 0 aromatic carbocycles. The smallest absolute Gasteiger partial charge is 0.462 e. The molecule has 0 aliphatic rings. The Balaban J connectivity index is 5.52. The Hall–Kier alpha value is -6.36. The van der Waals surface area contributed by atoms with E-state index in [2.05, 4.69) is 210 Å². The van der Waals surface area contributed by atoms with Crippen molar-refractivity contribution in [2.45, 2.75) is 303 Å². The van der Waals surface area contributed by atoms with Crippen molar-refractivity contribution in [3.63, 3.8) is 0 Å². The lowest BCUT2D eigenvalue weighted by Gasteiger charge is -2.21. The zero-order valence-corrected chi connectivity index (χ0v) is 69.6. The lowest BCUT2D eigenvalue weighted by Crippen LogP contribution is -2.30. The van der Waals surface area contributed by atoms with E-state index in [0.717, 1.165) is 205 Å². The first kappa shape index (κ1) is 104. The summed E-state index contributed by atoms with van der Waals surface area (Å²) >= 11 is 0. The second-order valence-electron chi connectivity index (χ2n) is 26.6. The predicted molar refractivity (Wildman–Crippen MR) is 454 cm³/mol. The van der Waals surface area contributed by atoms with Gasteiger partial charge in [-0.1, -0.05) is 298 Å². The number of rotatable bonds is 75. The Labute approximate surface area is 665 Å². The van der Waals surface area contributed by atoms with Crippen LogP contribution in [-0.4, -0.2) is 96.7 Å². The number of esters is 4. The summed E-state index contributed by atoms with van der Waals surface area (Å²) in [6.45, 7) is 4.23. The number of hydrogen-bond acceptors (Lipinski definition) is 15. The fraction of sp³-hybridized carbons (Fsp3) is 0.582. The van der Waals surface area contributed by atoms with Crippen molar-refractivity contribution in [3.05, 3.63) is 207 Å². The Morgan fingerprint density at radius 1 is 0.264 bits per heavy atom. The van der Waals surface area contributed by atoms with Crippen LogP contribution in [0.15, 0.2) is 207 Å². The molecule has 0 radical (unpaired) electrons. The number of carbonyl (C=O) groups excluding carboxylic acids is 4. The Kier molecular flexibility index (Phi) is 76.0. The molecule has 0 saturated carbocycles. The average molecular weight is 1570 g/mol. The molecule has 0 aromatic heterocycles. The van der Waals surface area contributed by atoms with E-state index in [9.17, 15) is 43.2 Å². The van der Waals surface area contributed by atoms with Crippen LogP contribution in [0.4, 0.5) is 0 Å². The van der Waals surface area contributed by atoms with Gasteiger partial charge in [-0.05, 0) is 167 Å². The van der Waals surface area contributed by atoms with Crippen molar-refractivity contribution in [3.8, 4) is 0 Å². The van der Waals surface area contributed by atoms with Gasteiger partial charge in [0, 0.05) is 19.3 Å². The number of unbranched alkanes of at least 4 members (excludes halogenated alkanes) is 16. The predicted octanol–water partition coefficient (Wildman–Crippen LogP) is 24.7. The summed E-state index contributed by atoms with van der Waals surface area (Å²) in [5.41, 5.74) is 0. The summed E-state index contributed by atoms with van der Waals surface area (Å²) in [6.07, 6.45) is 101. The molecule has 0 aliphatic heterocycles. The molecule has 0 aromatic rings. The number of ether oxygens (including phenoxy) is 4. The average Bonchev–Trinajstić information content (AvgIpc) is 0.900. The zero-order valence-electron chi connectivity index (χ0n) is 67.8. The van der Waals surface area contributed by atoms with Crippen LogP contribution in [0.5, 0.6) is 0 Å². The highest BCUT2D eigenvalue weighted by molar-refractivity contribution is 7.47. The lowest BCUT2D eigenvalue weighted by atomic mass is 10.1. The molecule has 0 heterocycles. The molecule has 0 saturated heterocycles. The molecule has 0 aliphatic carbocycles. The van der Waals surface area contributed by atoms with E-state index in [1.54, 1.807) is 12.2 Å². The number of hydrogen-bond donors (Lipinski definition) is 3. The Bertz CT molecular complexity index is 2900. The summed E-state index contributed by atoms with van der Waals surface area (Å²) in [6, 6.07) is 0. The highest BCUT2D eigenvalue weighted by Gasteiger charge is 2.30. The van der Waals surface area contributed by atoms with Crippen LogP contribution in [-0.2, 0) is 65.4 Å². The quantitative estimate of drug-likeness (QED) is 0.0169. The molecule has 17 nitrogen and oxygen atoms in total. The van der Waals surface area contributed by atoms with Crippen LogP contribution in [0.1, 0.15) is 285 Å². The molecule has 110 heavy (non-hydrogen) atoms. The Morgan fingerprint density at radius 3 is 0.773 bits per heavy atom. The van der Waals surface area contributed by atoms with E-state index >= 15 is 0 Å². The number of aliphatic hydroxyl groups is 1. The lowest BCUT2D eigenvalue weighted by molar-refractivity contribution is -0.161. The molecular formula is C91H144O17P2. The maximum absolute atomic E-state index is 13.1. The fourth-order valence-electron chi connectivity index (χ4n) is 10.2. The number of phosphoric ester groups is 2. The first-order valence-corrected chi connectivity index (χ1v) is 44.3. The Morgan fingerprint density at radius 2 is 0.482 bits per heavy atom. The van der Waals surface area contributed by atoms with Crippen molar-refractivity contribution < 1.29 is 80.2 Å². The third kappa shape index (κ3) is 79.7. The molecule has 19 heteroatoms. The standard InChI is InChI=1S/C91H144O17P2/c1-5-9-13-17-21-25-29-33-37-40-42-45-49-52-56-60-64-68-72-76-89(94)102-82-87(108-91(96)78-74-70-66-62-58-54-50-46-43-41-38-34-30-26-22-18-14-10-6-2)84-106-110(99,100)104-80-85(92)79-103-109(97,98)105-83-86(107-90(95)77-73-69-65-61-57-53-47-36-32-28-24-20-16-12-8-4)81-101-88(93)75-71-67-63-59-55-51-48-44-39-35-31-27-23-19-15-11-7-3/h9-16,21-28,33-39,42-43,45-47,52,56-57,61,69,73,85-87,92H,5-8,17-20,29-32,40-41,44,48-51,53-55,58-60,62-68,70-72,74-84H2,1-4H3,(H,97,98)(H,99,100)/b13-9-,14-10-,15-11-,16-12-,25-21-,26-22-,27-23-,28-24-,37-33-,38-34-,39-35-,45-42-,46-43-,47-36-,56-52-,61-57-,73-69-. The van der Waals surface area contributed by atoms with E-state index in [4.69, 9.17) is 37.0 Å². The van der Waals surface area contributed by atoms with Crippen LogP contribution in [0.25, 0.3) is 0 Å². The van der Waals surface area contributed by atoms with Crippen LogP contribution in [0.3, 0.4) is 0 Å². The van der Waals surface area contributed by atoms with Crippen LogP contribution >= 0.6 is 15.6 Å². The third-order valence-corrected chi connectivity index (χ3v) is 18.2. The molecular weight excluding hydrogens is 1430 g/mol. The molecule has 620 valence electrons. The first-order valence-electron chi connectivity index (χ1n) is 41.3. The summed E-state index contributed by atoms with van der Waals surface area (Å²) in [4.78, 5) is 73.1. The molecule has 0 bridgehead atoms. The topological polar surface area (TPSA) is 237 Å². The SMILES string of the molecule is CC/C=C\C/C=C\C/C=C\C/C=C\C/C=C\CCCCCC(=O)OCC(COP(=O)(O)OCC(O)COP(=O)(O)OCC(COC(=O)CCCCCCCCC/C=C\C/C=C\C/C=C\CC)OC(=O)C/C=C\C/C=C\C/C=C\C/C=C\C/C=C\CC)OC(=O)CCCCCCCC/C=C\C/C=C\C/C=C\C/C=C\CC.